The number of rotatable bonds is 4. The third-order valence-electron chi connectivity index (χ3n) is 3.76. The minimum atomic E-state index is -0.330. The lowest BCUT2D eigenvalue weighted by Gasteiger charge is -2.11. The van der Waals surface area contributed by atoms with E-state index in [1.807, 2.05) is 25.1 Å². The monoisotopic (exact) mass is 389 g/mol. The van der Waals surface area contributed by atoms with E-state index in [2.05, 4.69) is 21.2 Å². The highest BCUT2D eigenvalue weighted by atomic mass is 79.9. The molecule has 3 aromatic rings. The maximum atomic E-state index is 12.6. The van der Waals surface area contributed by atoms with E-state index in [9.17, 15) is 4.79 Å². The molecule has 0 saturated heterocycles. The van der Waals surface area contributed by atoms with Gasteiger partial charge in [-0.2, -0.15) is 0 Å². The van der Waals surface area contributed by atoms with Gasteiger partial charge in [0.1, 0.15) is 17.1 Å². The number of carbonyl (C=O) groups is 1. The standard InChI is InChI=1S/C18H16BrNO4/c1-10-13-6-4-11(19)8-15(13)24-17(10)18(21)20-14-7-5-12(22-2)9-16(14)23-3/h4-9H,1-3H3,(H,20,21). The Kier molecular flexibility index (Phi) is 4.49. The van der Waals surface area contributed by atoms with E-state index < -0.39 is 0 Å². The molecule has 0 radical (unpaired) electrons. The molecule has 0 unspecified atom stereocenters. The van der Waals surface area contributed by atoms with E-state index in [0.29, 0.717) is 22.8 Å². The first-order valence-corrected chi connectivity index (χ1v) is 8.05. The van der Waals surface area contributed by atoms with Crippen LogP contribution in [0.25, 0.3) is 11.0 Å². The van der Waals surface area contributed by atoms with Crippen LogP contribution in [0.5, 0.6) is 11.5 Å². The van der Waals surface area contributed by atoms with Crippen LogP contribution in [0.3, 0.4) is 0 Å². The smallest absolute Gasteiger partial charge is 0.291 e. The Morgan fingerprint density at radius 1 is 1.12 bits per heavy atom. The van der Waals surface area contributed by atoms with Crippen molar-refractivity contribution < 1.29 is 18.7 Å². The quantitative estimate of drug-likeness (QED) is 0.697. The molecule has 24 heavy (non-hydrogen) atoms. The van der Waals surface area contributed by atoms with Crippen LogP contribution in [0.4, 0.5) is 5.69 Å². The van der Waals surface area contributed by atoms with E-state index in [-0.39, 0.29) is 11.7 Å². The number of hydrogen-bond acceptors (Lipinski definition) is 4. The van der Waals surface area contributed by atoms with Gasteiger partial charge in [0.25, 0.3) is 5.91 Å². The summed E-state index contributed by atoms with van der Waals surface area (Å²) in [6, 6.07) is 10.9. The number of ether oxygens (including phenoxy) is 2. The zero-order valence-electron chi connectivity index (χ0n) is 13.5. The van der Waals surface area contributed by atoms with E-state index in [0.717, 1.165) is 15.4 Å². The summed E-state index contributed by atoms with van der Waals surface area (Å²) < 4.78 is 17.1. The molecule has 0 aliphatic carbocycles. The van der Waals surface area contributed by atoms with Crippen molar-refractivity contribution in [2.45, 2.75) is 6.92 Å². The lowest BCUT2D eigenvalue weighted by atomic mass is 10.1. The molecule has 5 nitrogen and oxygen atoms in total. The zero-order chi connectivity index (χ0) is 17.3. The maximum absolute atomic E-state index is 12.6. The fourth-order valence-corrected chi connectivity index (χ4v) is 2.84. The van der Waals surface area contributed by atoms with E-state index in [1.165, 1.54) is 7.11 Å². The highest BCUT2D eigenvalue weighted by Gasteiger charge is 2.19. The van der Waals surface area contributed by atoms with Gasteiger partial charge in [-0.15, -0.1) is 0 Å². The lowest BCUT2D eigenvalue weighted by molar-refractivity contribution is 0.0997. The van der Waals surface area contributed by atoms with Crippen molar-refractivity contribution in [3.8, 4) is 11.5 Å². The largest absolute Gasteiger partial charge is 0.497 e. The van der Waals surface area contributed by atoms with E-state index >= 15 is 0 Å². The van der Waals surface area contributed by atoms with Crippen molar-refractivity contribution >= 4 is 38.5 Å². The Morgan fingerprint density at radius 2 is 1.92 bits per heavy atom. The molecule has 0 atom stereocenters. The number of anilines is 1. The molecule has 0 spiro atoms. The molecule has 1 N–H and O–H groups in total. The van der Waals surface area contributed by atoms with Crippen LogP contribution >= 0.6 is 15.9 Å². The number of amides is 1. The topological polar surface area (TPSA) is 60.7 Å². The van der Waals surface area contributed by atoms with Crippen LogP contribution in [-0.4, -0.2) is 20.1 Å². The van der Waals surface area contributed by atoms with Crippen LogP contribution in [0.2, 0.25) is 0 Å². The van der Waals surface area contributed by atoms with Crippen LogP contribution in [0.1, 0.15) is 16.1 Å². The minimum absolute atomic E-state index is 0.279. The molecule has 0 saturated carbocycles. The number of nitrogens with one attached hydrogen (secondary N) is 1. The summed E-state index contributed by atoms with van der Waals surface area (Å²) in [5.41, 5.74) is 2.00. The number of aryl methyl sites for hydroxylation is 1. The molecule has 0 aliphatic rings. The minimum Gasteiger partial charge on any atom is -0.497 e. The summed E-state index contributed by atoms with van der Waals surface area (Å²) in [7, 11) is 3.11. The average molecular weight is 390 g/mol. The predicted octanol–water partition coefficient (Wildman–Crippen LogP) is 4.77. The molecule has 124 valence electrons. The summed E-state index contributed by atoms with van der Waals surface area (Å²) in [6.45, 7) is 1.86. The number of halogens is 1. The van der Waals surface area contributed by atoms with Gasteiger partial charge < -0.3 is 19.2 Å². The van der Waals surface area contributed by atoms with Gasteiger partial charge in [-0.1, -0.05) is 15.9 Å². The Labute approximate surface area is 147 Å². The van der Waals surface area contributed by atoms with Crippen LogP contribution < -0.4 is 14.8 Å². The second-order valence-electron chi connectivity index (χ2n) is 5.22. The number of methoxy groups -OCH3 is 2. The second kappa shape index (κ2) is 6.57. The molecule has 2 aromatic carbocycles. The number of fused-ring (bicyclic) bond motifs is 1. The number of furan rings is 1. The van der Waals surface area contributed by atoms with Crippen molar-refractivity contribution in [3.05, 3.63) is 52.2 Å². The zero-order valence-corrected chi connectivity index (χ0v) is 15.1. The Hall–Kier alpha value is -2.47. The molecular weight excluding hydrogens is 374 g/mol. The first-order valence-electron chi connectivity index (χ1n) is 7.25. The fourth-order valence-electron chi connectivity index (χ4n) is 2.50. The summed E-state index contributed by atoms with van der Waals surface area (Å²) in [6.07, 6.45) is 0. The molecule has 0 bridgehead atoms. The van der Waals surface area contributed by atoms with Crippen molar-refractivity contribution in [1.29, 1.82) is 0 Å². The van der Waals surface area contributed by atoms with Crippen molar-refractivity contribution in [3.63, 3.8) is 0 Å². The third kappa shape index (κ3) is 2.97. The first kappa shape index (κ1) is 16.4. The van der Waals surface area contributed by atoms with Crippen molar-refractivity contribution in [1.82, 2.24) is 0 Å². The van der Waals surface area contributed by atoms with Crippen LogP contribution in [0.15, 0.2) is 45.3 Å². The van der Waals surface area contributed by atoms with Crippen LogP contribution in [-0.2, 0) is 0 Å². The molecule has 1 heterocycles. The maximum Gasteiger partial charge on any atom is 0.291 e. The fraction of sp³-hybridized carbons (Fsp3) is 0.167. The summed E-state index contributed by atoms with van der Waals surface area (Å²) >= 11 is 3.40. The van der Waals surface area contributed by atoms with Crippen LogP contribution in [0, 0.1) is 6.92 Å². The molecule has 6 heteroatoms. The Bertz CT molecular complexity index is 917. The Balaban J connectivity index is 1.94. The van der Waals surface area contributed by atoms with Gasteiger partial charge in [0, 0.05) is 21.5 Å². The molecule has 0 fully saturated rings. The predicted molar refractivity (Wildman–Crippen MR) is 96.2 cm³/mol. The summed E-state index contributed by atoms with van der Waals surface area (Å²) in [5.74, 6) is 1.11. The number of benzene rings is 2. The van der Waals surface area contributed by atoms with Gasteiger partial charge in [-0.25, -0.2) is 0 Å². The molecular formula is C18H16BrNO4. The Morgan fingerprint density at radius 3 is 2.62 bits per heavy atom. The van der Waals surface area contributed by atoms with Crippen molar-refractivity contribution in [2.75, 3.05) is 19.5 Å². The SMILES string of the molecule is COc1ccc(NC(=O)c2oc3cc(Br)ccc3c2C)c(OC)c1. The highest BCUT2D eigenvalue weighted by molar-refractivity contribution is 9.10. The van der Waals surface area contributed by atoms with E-state index in [4.69, 9.17) is 13.9 Å². The molecule has 3 rings (SSSR count). The van der Waals surface area contributed by atoms with E-state index in [1.54, 1.807) is 25.3 Å². The highest BCUT2D eigenvalue weighted by Crippen LogP contribution is 2.31. The van der Waals surface area contributed by atoms with Gasteiger partial charge >= 0.3 is 0 Å². The third-order valence-corrected chi connectivity index (χ3v) is 4.26. The molecule has 0 aliphatic heterocycles. The molecule has 1 amide bonds. The average Bonchev–Trinajstić information content (AvgIpc) is 2.91. The summed E-state index contributed by atoms with van der Waals surface area (Å²) in [4.78, 5) is 12.6. The number of carbonyl (C=O) groups excluding carboxylic acids is 1. The van der Waals surface area contributed by atoms with Gasteiger partial charge in [0.05, 0.1) is 19.9 Å². The van der Waals surface area contributed by atoms with Gasteiger partial charge in [-0.05, 0) is 37.3 Å². The van der Waals surface area contributed by atoms with Gasteiger partial charge in [-0.3, -0.25) is 4.79 Å². The molecule has 1 aromatic heterocycles. The number of hydrogen-bond donors (Lipinski definition) is 1. The van der Waals surface area contributed by atoms with Gasteiger partial charge in [0.2, 0.25) is 0 Å². The first-order chi connectivity index (χ1) is 11.5. The lowest BCUT2D eigenvalue weighted by Crippen LogP contribution is -2.13. The second-order valence-corrected chi connectivity index (χ2v) is 6.13. The van der Waals surface area contributed by atoms with Gasteiger partial charge in [0.15, 0.2) is 5.76 Å². The van der Waals surface area contributed by atoms with Crippen molar-refractivity contribution in [2.24, 2.45) is 0 Å². The summed E-state index contributed by atoms with van der Waals surface area (Å²) in [5, 5.41) is 3.73. The normalized spacial score (nSPS) is 10.7.